The van der Waals surface area contributed by atoms with Crippen LogP contribution in [0.5, 0.6) is 0 Å². The molecule has 0 radical (unpaired) electrons. The summed E-state index contributed by atoms with van der Waals surface area (Å²) in [6.45, 7) is 0.682. The van der Waals surface area contributed by atoms with Gasteiger partial charge in [-0.25, -0.2) is 4.79 Å². The lowest BCUT2D eigenvalue weighted by Gasteiger charge is -2.19. The fourth-order valence-corrected chi connectivity index (χ4v) is 1.10. The minimum Gasteiger partial charge on any atom is -0.447 e. The fourth-order valence-electron chi connectivity index (χ4n) is 1.10. The molecule has 13 heavy (non-hydrogen) atoms. The lowest BCUT2D eigenvalue weighted by Crippen LogP contribution is -2.33. The van der Waals surface area contributed by atoms with Gasteiger partial charge in [0.05, 0.1) is 6.61 Å². The van der Waals surface area contributed by atoms with Gasteiger partial charge in [-0.3, -0.25) is 0 Å². The molecule has 2 atom stereocenters. The third-order valence-electron chi connectivity index (χ3n) is 1.77. The molecular weight excluding hydrogens is 174 g/mol. The summed E-state index contributed by atoms with van der Waals surface area (Å²) in [5, 5.41) is 0. The van der Waals surface area contributed by atoms with E-state index in [0.717, 1.165) is 0 Å². The first-order valence-electron chi connectivity index (χ1n) is 3.97. The lowest BCUT2D eigenvalue weighted by molar-refractivity contribution is -0.0424. The highest BCUT2D eigenvalue weighted by molar-refractivity contribution is 5.64. The number of carbonyl (C=O) groups excluding carboxylic acids is 1. The highest BCUT2D eigenvalue weighted by atomic mass is 16.6. The Balaban J connectivity index is 2.33. The van der Waals surface area contributed by atoms with Crippen molar-refractivity contribution in [1.82, 2.24) is 0 Å². The highest BCUT2D eigenvalue weighted by Gasteiger charge is 2.23. The number of rotatable bonds is 4. The van der Waals surface area contributed by atoms with Crippen LogP contribution < -0.4 is 5.73 Å². The molecule has 0 bridgehead atoms. The summed E-state index contributed by atoms with van der Waals surface area (Å²) < 4.78 is 15.0. The molecule has 0 aromatic carbocycles. The minimum atomic E-state index is -0.802. The maximum atomic E-state index is 10.3. The minimum absolute atomic E-state index is 0.112. The summed E-state index contributed by atoms with van der Waals surface area (Å²) in [6.07, 6.45) is 2.53. The summed E-state index contributed by atoms with van der Waals surface area (Å²) in [4.78, 5) is 10.3. The van der Waals surface area contributed by atoms with E-state index >= 15 is 0 Å². The third kappa shape index (κ3) is 3.04. The summed E-state index contributed by atoms with van der Waals surface area (Å²) in [5.74, 6) is 0. The molecule has 1 rings (SSSR count). The highest BCUT2D eigenvalue weighted by Crippen LogP contribution is 2.11. The lowest BCUT2D eigenvalue weighted by atomic mass is 10.2. The summed E-state index contributed by atoms with van der Waals surface area (Å²) in [7, 11) is 1.53. The van der Waals surface area contributed by atoms with Gasteiger partial charge in [0.15, 0.2) is 0 Å². The van der Waals surface area contributed by atoms with Crippen LogP contribution in [0.2, 0.25) is 0 Å². The smallest absolute Gasteiger partial charge is 0.404 e. The van der Waals surface area contributed by atoms with Crippen LogP contribution in [0.25, 0.3) is 0 Å². The standard InChI is InChI=1S/C8H13NO4/c1-11-7(5-13-8(9)10)6-3-2-4-12-6/h2-3,6-7H,4-5H2,1H3,(H2,9,10)/t6?,7-/m0/s1. The van der Waals surface area contributed by atoms with Crippen molar-refractivity contribution in [3.05, 3.63) is 12.2 Å². The van der Waals surface area contributed by atoms with Crippen LogP contribution in [0.4, 0.5) is 4.79 Å². The Hall–Kier alpha value is -1.07. The molecule has 5 heteroatoms. The first-order chi connectivity index (χ1) is 6.24. The van der Waals surface area contributed by atoms with E-state index in [9.17, 15) is 4.79 Å². The predicted molar refractivity (Wildman–Crippen MR) is 45.2 cm³/mol. The van der Waals surface area contributed by atoms with Gasteiger partial charge in [-0.1, -0.05) is 12.2 Å². The van der Waals surface area contributed by atoms with E-state index in [1.807, 2.05) is 12.2 Å². The third-order valence-corrected chi connectivity index (χ3v) is 1.77. The Morgan fingerprint density at radius 1 is 1.85 bits per heavy atom. The predicted octanol–water partition coefficient (Wildman–Crippen LogP) is 0.0517. The monoisotopic (exact) mass is 187 g/mol. The summed E-state index contributed by atoms with van der Waals surface area (Å²) in [6, 6.07) is 0. The molecule has 0 aromatic rings. The maximum Gasteiger partial charge on any atom is 0.404 e. The summed E-state index contributed by atoms with van der Waals surface area (Å²) in [5.41, 5.74) is 4.82. The molecule has 0 saturated heterocycles. The molecule has 0 spiro atoms. The van der Waals surface area contributed by atoms with E-state index in [-0.39, 0.29) is 18.8 Å². The first kappa shape index (κ1) is 10.0. The molecule has 2 N–H and O–H groups in total. The van der Waals surface area contributed by atoms with Crippen molar-refractivity contribution in [3.8, 4) is 0 Å². The van der Waals surface area contributed by atoms with Crippen molar-refractivity contribution in [1.29, 1.82) is 0 Å². The molecule has 0 saturated carbocycles. The van der Waals surface area contributed by atoms with Crippen molar-refractivity contribution >= 4 is 6.09 Å². The zero-order valence-corrected chi connectivity index (χ0v) is 7.43. The Morgan fingerprint density at radius 2 is 2.62 bits per heavy atom. The molecule has 0 aromatic heterocycles. The summed E-state index contributed by atoms with van der Waals surface area (Å²) >= 11 is 0. The Bertz CT molecular complexity index is 204. The number of carbonyl (C=O) groups is 1. The quantitative estimate of drug-likeness (QED) is 0.631. The van der Waals surface area contributed by atoms with Gasteiger partial charge < -0.3 is 19.9 Å². The average Bonchev–Trinajstić information content (AvgIpc) is 2.58. The number of amides is 1. The molecule has 1 heterocycles. The molecule has 1 aliphatic rings. The van der Waals surface area contributed by atoms with Crippen LogP contribution in [-0.4, -0.2) is 38.6 Å². The number of primary amides is 1. The molecule has 1 amide bonds. The van der Waals surface area contributed by atoms with Crippen LogP contribution in [0, 0.1) is 0 Å². The van der Waals surface area contributed by atoms with Gasteiger partial charge >= 0.3 is 6.09 Å². The van der Waals surface area contributed by atoms with Crippen molar-refractivity contribution < 1.29 is 19.0 Å². The molecule has 0 fully saturated rings. The van der Waals surface area contributed by atoms with Crippen LogP contribution in [0.15, 0.2) is 12.2 Å². The Labute approximate surface area is 76.4 Å². The Kier molecular flexibility index (Phi) is 3.72. The van der Waals surface area contributed by atoms with Crippen LogP contribution in [0.1, 0.15) is 0 Å². The normalized spacial score (nSPS) is 23.0. The molecule has 0 aliphatic carbocycles. The SMILES string of the molecule is CO[C@@H](COC(N)=O)C1C=CCO1. The zero-order chi connectivity index (χ0) is 9.68. The van der Waals surface area contributed by atoms with Gasteiger partial charge in [-0.2, -0.15) is 0 Å². The molecule has 1 unspecified atom stereocenters. The van der Waals surface area contributed by atoms with Gasteiger partial charge in [0.25, 0.3) is 0 Å². The van der Waals surface area contributed by atoms with Crippen molar-refractivity contribution in [2.24, 2.45) is 5.73 Å². The van der Waals surface area contributed by atoms with Gasteiger partial charge in [0.1, 0.15) is 18.8 Å². The molecule has 5 nitrogen and oxygen atoms in total. The van der Waals surface area contributed by atoms with E-state index < -0.39 is 6.09 Å². The van der Waals surface area contributed by atoms with E-state index in [2.05, 4.69) is 4.74 Å². The largest absolute Gasteiger partial charge is 0.447 e. The Morgan fingerprint density at radius 3 is 3.08 bits per heavy atom. The number of hydrogen-bond donors (Lipinski definition) is 1. The average molecular weight is 187 g/mol. The van der Waals surface area contributed by atoms with Crippen LogP contribution >= 0.6 is 0 Å². The van der Waals surface area contributed by atoms with E-state index in [0.29, 0.717) is 6.61 Å². The number of nitrogens with two attached hydrogens (primary N) is 1. The van der Waals surface area contributed by atoms with Crippen LogP contribution in [-0.2, 0) is 14.2 Å². The maximum absolute atomic E-state index is 10.3. The zero-order valence-electron chi connectivity index (χ0n) is 7.43. The van der Waals surface area contributed by atoms with Gasteiger partial charge in [-0.05, 0) is 0 Å². The second kappa shape index (κ2) is 4.84. The van der Waals surface area contributed by atoms with E-state index in [1.165, 1.54) is 7.11 Å². The first-order valence-corrected chi connectivity index (χ1v) is 3.97. The number of ether oxygens (including phenoxy) is 3. The topological polar surface area (TPSA) is 70.8 Å². The van der Waals surface area contributed by atoms with Gasteiger partial charge in [-0.15, -0.1) is 0 Å². The second-order valence-electron chi connectivity index (χ2n) is 2.63. The second-order valence-corrected chi connectivity index (χ2v) is 2.63. The van der Waals surface area contributed by atoms with E-state index in [4.69, 9.17) is 15.2 Å². The number of methoxy groups -OCH3 is 1. The van der Waals surface area contributed by atoms with Crippen molar-refractivity contribution in [2.45, 2.75) is 12.2 Å². The van der Waals surface area contributed by atoms with Gasteiger partial charge in [0.2, 0.25) is 0 Å². The molecule has 1 aliphatic heterocycles. The van der Waals surface area contributed by atoms with Crippen molar-refractivity contribution in [2.75, 3.05) is 20.3 Å². The molecule has 74 valence electrons. The fraction of sp³-hybridized carbons (Fsp3) is 0.625. The van der Waals surface area contributed by atoms with Crippen molar-refractivity contribution in [3.63, 3.8) is 0 Å². The van der Waals surface area contributed by atoms with Gasteiger partial charge in [0, 0.05) is 7.11 Å². The van der Waals surface area contributed by atoms with Crippen LogP contribution in [0.3, 0.4) is 0 Å². The molecular formula is C8H13NO4. The number of hydrogen-bond acceptors (Lipinski definition) is 4. The van der Waals surface area contributed by atoms with E-state index in [1.54, 1.807) is 0 Å².